The van der Waals surface area contributed by atoms with Gasteiger partial charge in [0.15, 0.2) is 0 Å². The Kier molecular flexibility index (Phi) is 3.53. The number of nitrogens with one attached hydrogen (secondary N) is 1. The lowest BCUT2D eigenvalue weighted by atomic mass is 9.95. The van der Waals surface area contributed by atoms with Crippen LogP contribution in [-0.2, 0) is 0 Å². The second-order valence-electron chi connectivity index (χ2n) is 4.53. The van der Waals surface area contributed by atoms with Gasteiger partial charge in [0.25, 0.3) is 0 Å². The Morgan fingerprint density at radius 1 is 1.25 bits per heavy atom. The lowest BCUT2D eigenvalue weighted by Gasteiger charge is -2.26. The largest absolute Gasteiger partial charge is 0.389 e. The van der Waals surface area contributed by atoms with E-state index < -0.39 is 5.60 Å². The van der Waals surface area contributed by atoms with Crippen molar-refractivity contribution in [2.24, 2.45) is 0 Å². The van der Waals surface area contributed by atoms with Crippen LogP contribution in [0.3, 0.4) is 0 Å². The van der Waals surface area contributed by atoms with E-state index in [4.69, 9.17) is 0 Å². The molecule has 1 aliphatic carbocycles. The fraction of sp³-hybridized carbons (Fsp3) is 1.00. The molecule has 2 N–H and O–H groups in total. The van der Waals surface area contributed by atoms with Gasteiger partial charge in [0.05, 0.1) is 5.60 Å². The van der Waals surface area contributed by atoms with Crippen molar-refractivity contribution in [3.05, 3.63) is 0 Å². The predicted octanol–water partition coefficient (Wildman–Crippen LogP) is 1.68. The zero-order chi connectivity index (χ0) is 9.03. The molecule has 0 amide bonds. The van der Waals surface area contributed by atoms with Gasteiger partial charge in [-0.1, -0.05) is 19.3 Å². The number of hydrogen-bond acceptors (Lipinski definition) is 2. The highest BCUT2D eigenvalue weighted by Crippen LogP contribution is 2.17. The van der Waals surface area contributed by atoms with Crippen LogP contribution >= 0.6 is 0 Å². The third kappa shape index (κ3) is 4.07. The summed E-state index contributed by atoms with van der Waals surface area (Å²) >= 11 is 0. The summed E-state index contributed by atoms with van der Waals surface area (Å²) in [4.78, 5) is 0. The lowest BCUT2D eigenvalue weighted by Crippen LogP contribution is -2.41. The van der Waals surface area contributed by atoms with E-state index in [1.54, 1.807) is 0 Å². The summed E-state index contributed by atoms with van der Waals surface area (Å²) in [5.74, 6) is 0. The monoisotopic (exact) mass is 171 g/mol. The van der Waals surface area contributed by atoms with Crippen molar-refractivity contribution in [2.75, 3.05) is 6.54 Å². The molecule has 0 aromatic carbocycles. The van der Waals surface area contributed by atoms with Crippen molar-refractivity contribution in [1.82, 2.24) is 5.32 Å². The van der Waals surface area contributed by atoms with E-state index in [1.165, 1.54) is 32.1 Å². The van der Waals surface area contributed by atoms with Gasteiger partial charge in [0.1, 0.15) is 0 Å². The summed E-state index contributed by atoms with van der Waals surface area (Å²) in [6.45, 7) is 4.42. The van der Waals surface area contributed by atoms with E-state index in [9.17, 15) is 5.11 Å². The van der Waals surface area contributed by atoms with Crippen molar-refractivity contribution in [3.8, 4) is 0 Å². The van der Waals surface area contributed by atoms with Crippen LogP contribution in [0.5, 0.6) is 0 Å². The second kappa shape index (κ2) is 4.24. The molecule has 0 aliphatic heterocycles. The Morgan fingerprint density at radius 3 is 2.33 bits per heavy atom. The van der Waals surface area contributed by atoms with E-state index in [0.29, 0.717) is 6.04 Å². The van der Waals surface area contributed by atoms with Gasteiger partial charge in [-0.15, -0.1) is 0 Å². The molecule has 0 radical (unpaired) electrons. The summed E-state index contributed by atoms with van der Waals surface area (Å²) in [6.07, 6.45) is 6.67. The van der Waals surface area contributed by atoms with Crippen LogP contribution in [0.1, 0.15) is 46.0 Å². The lowest BCUT2D eigenvalue weighted by molar-refractivity contribution is 0.0746. The second-order valence-corrected chi connectivity index (χ2v) is 4.53. The average molecular weight is 171 g/mol. The molecule has 1 saturated carbocycles. The summed E-state index contributed by atoms with van der Waals surface area (Å²) in [5.41, 5.74) is -0.558. The van der Waals surface area contributed by atoms with Gasteiger partial charge >= 0.3 is 0 Å². The molecule has 2 nitrogen and oxygen atoms in total. The maximum atomic E-state index is 9.49. The van der Waals surface area contributed by atoms with E-state index in [1.807, 2.05) is 13.8 Å². The molecule has 72 valence electrons. The van der Waals surface area contributed by atoms with Crippen LogP contribution in [0, 0.1) is 0 Å². The fourth-order valence-electron chi connectivity index (χ4n) is 1.70. The van der Waals surface area contributed by atoms with Crippen LogP contribution in [0.4, 0.5) is 0 Å². The Balaban J connectivity index is 2.13. The molecule has 1 rings (SSSR count). The third-order valence-corrected chi connectivity index (χ3v) is 2.43. The molecule has 0 atom stereocenters. The number of rotatable bonds is 3. The number of hydrogen-bond donors (Lipinski definition) is 2. The van der Waals surface area contributed by atoms with E-state index >= 15 is 0 Å². The topological polar surface area (TPSA) is 32.3 Å². The van der Waals surface area contributed by atoms with Crippen LogP contribution < -0.4 is 5.32 Å². The SMILES string of the molecule is CC(C)(O)CNC1CCCCC1. The highest BCUT2D eigenvalue weighted by Gasteiger charge is 2.17. The first-order valence-corrected chi connectivity index (χ1v) is 5.04. The van der Waals surface area contributed by atoms with Crippen LogP contribution in [0.25, 0.3) is 0 Å². The van der Waals surface area contributed by atoms with Gasteiger partial charge in [-0.2, -0.15) is 0 Å². The molecular weight excluding hydrogens is 150 g/mol. The van der Waals surface area contributed by atoms with E-state index in [2.05, 4.69) is 5.32 Å². The minimum absolute atomic E-state index is 0.558. The van der Waals surface area contributed by atoms with Crippen molar-refractivity contribution in [1.29, 1.82) is 0 Å². The molecule has 0 spiro atoms. The molecule has 0 heterocycles. The van der Waals surface area contributed by atoms with Crippen LogP contribution in [0.15, 0.2) is 0 Å². The first-order chi connectivity index (χ1) is 5.58. The molecular formula is C10H21NO. The van der Waals surface area contributed by atoms with Gasteiger partial charge in [-0.05, 0) is 26.7 Å². The summed E-state index contributed by atoms with van der Waals surface area (Å²) in [5, 5.41) is 12.9. The highest BCUT2D eigenvalue weighted by atomic mass is 16.3. The van der Waals surface area contributed by atoms with Gasteiger partial charge in [0.2, 0.25) is 0 Å². The zero-order valence-electron chi connectivity index (χ0n) is 8.27. The Labute approximate surface area is 75.4 Å². The van der Waals surface area contributed by atoms with Crippen molar-refractivity contribution >= 4 is 0 Å². The van der Waals surface area contributed by atoms with E-state index in [-0.39, 0.29) is 0 Å². The molecule has 12 heavy (non-hydrogen) atoms. The molecule has 0 saturated heterocycles. The molecule has 0 aromatic heterocycles. The van der Waals surface area contributed by atoms with Gasteiger partial charge in [-0.25, -0.2) is 0 Å². The first kappa shape index (κ1) is 10.0. The highest BCUT2D eigenvalue weighted by molar-refractivity contribution is 4.76. The average Bonchev–Trinajstić information content (AvgIpc) is 2.02. The fourth-order valence-corrected chi connectivity index (χ4v) is 1.70. The molecule has 1 aliphatic rings. The van der Waals surface area contributed by atoms with Crippen LogP contribution in [-0.4, -0.2) is 23.3 Å². The summed E-state index contributed by atoms with van der Waals surface area (Å²) in [7, 11) is 0. The summed E-state index contributed by atoms with van der Waals surface area (Å²) in [6, 6.07) is 0.658. The molecule has 0 unspecified atom stereocenters. The minimum atomic E-state index is -0.558. The van der Waals surface area contributed by atoms with E-state index in [0.717, 1.165) is 6.54 Å². The number of aliphatic hydroxyl groups is 1. The Bertz CT molecular complexity index is 122. The van der Waals surface area contributed by atoms with Crippen molar-refractivity contribution < 1.29 is 5.11 Å². The minimum Gasteiger partial charge on any atom is -0.389 e. The maximum absolute atomic E-state index is 9.49. The first-order valence-electron chi connectivity index (χ1n) is 5.04. The molecule has 1 fully saturated rings. The quantitative estimate of drug-likeness (QED) is 0.677. The summed E-state index contributed by atoms with van der Waals surface area (Å²) < 4.78 is 0. The Hall–Kier alpha value is -0.0800. The van der Waals surface area contributed by atoms with Crippen molar-refractivity contribution in [2.45, 2.75) is 57.6 Å². The van der Waals surface area contributed by atoms with Gasteiger partial charge in [-0.3, -0.25) is 0 Å². The van der Waals surface area contributed by atoms with Gasteiger partial charge < -0.3 is 10.4 Å². The Morgan fingerprint density at radius 2 is 1.83 bits per heavy atom. The van der Waals surface area contributed by atoms with Crippen LogP contribution in [0.2, 0.25) is 0 Å². The standard InChI is InChI=1S/C10H21NO/c1-10(2,12)8-11-9-6-4-3-5-7-9/h9,11-12H,3-8H2,1-2H3. The molecule has 2 heteroatoms. The molecule has 0 bridgehead atoms. The van der Waals surface area contributed by atoms with Crippen molar-refractivity contribution in [3.63, 3.8) is 0 Å². The zero-order valence-corrected chi connectivity index (χ0v) is 8.27. The smallest absolute Gasteiger partial charge is 0.0715 e. The third-order valence-electron chi connectivity index (χ3n) is 2.43. The predicted molar refractivity (Wildman–Crippen MR) is 51.2 cm³/mol. The normalized spacial score (nSPS) is 21.2. The molecule has 0 aromatic rings. The maximum Gasteiger partial charge on any atom is 0.0715 e. The van der Waals surface area contributed by atoms with Gasteiger partial charge in [0, 0.05) is 12.6 Å².